The average molecular weight is 206 g/mol. The van der Waals surface area contributed by atoms with Crippen molar-refractivity contribution in [2.75, 3.05) is 13.2 Å². The van der Waals surface area contributed by atoms with E-state index in [-0.39, 0.29) is 25.4 Å². The normalized spacial score (nSPS) is 16.3. The Balaban J connectivity index is 3.59. The van der Waals surface area contributed by atoms with Crippen LogP contribution in [0.25, 0.3) is 0 Å². The van der Waals surface area contributed by atoms with Crippen molar-refractivity contribution < 1.29 is 19.7 Å². The standard InChI is InChI=1S/C10H22O4/c1-7(2)13-5-9(11)10(12)6-14-8(3)4/h7-12H,5-6H2,1-4H3/t9-,10-/m0/s1. The van der Waals surface area contributed by atoms with E-state index in [0.717, 1.165) is 0 Å². The fraction of sp³-hybridized carbons (Fsp3) is 1.00. The summed E-state index contributed by atoms with van der Waals surface area (Å²) >= 11 is 0. The molecule has 0 amide bonds. The van der Waals surface area contributed by atoms with Crippen molar-refractivity contribution in [1.29, 1.82) is 0 Å². The topological polar surface area (TPSA) is 58.9 Å². The predicted molar refractivity (Wildman–Crippen MR) is 54.2 cm³/mol. The van der Waals surface area contributed by atoms with E-state index in [2.05, 4.69) is 0 Å². The third-order valence-corrected chi connectivity index (χ3v) is 1.64. The number of ether oxygens (including phenoxy) is 2. The highest BCUT2D eigenvalue weighted by Gasteiger charge is 2.17. The molecule has 0 aliphatic heterocycles. The predicted octanol–water partition coefficient (Wildman–Crippen LogP) is 0.558. The maximum absolute atomic E-state index is 9.42. The molecule has 0 spiro atoms. The molecule has 0 aromatic heterocycles. The first kappa shape index (κ1) is 13.8. The third kappa shape index (κ3) is 7.26. The Kier molecular flexibility index (Phi) is 7.09. The van der Waals surface area contributed by atoms with E-state index in [1.807, 2.05) is 27.7 Å². The average Bonchev–Trinajstić information content (AvgIpc) is 2.09. The Morgan fingerprint density at radius 2 is 1.07 bits per heavy atom. The number of hydrogen-bond donors (Lipinski definition) is 2. The molecule has 86 valence electrons. The van der Waals surface area contributed by atoms with Crippen LogP contribution in [0.1, 0.15) is 27.7 Å². The van der Waals surface area contributed by atoms with Gasteiger partial charge in [0.15, 0.2) is 0 Å². The van der Waals surface area contributed by atoms with Crippen LogP contribution in [0.3, 0.4) is 0 Å². The quantitative estimate of drug-likeness (QED) is 0.639. The van der Waals surface area contributed by atoms with Crippen molar-refractivity contribution in [3.63, 3.8) is 0 Å². The molecule has 0 saturated heterocycles. The van der Waals surface area contributed by atoms with E-state index in [9.17, 15) is 10.2 Å². The summed E-state index contributed by atoms with van der Waals surface area (Å²) < 4.78 is 10.3. The van der Waals surface area contributed by atoms with Crippen molar-refractivity contribution in [3.05, 3.63) is 0 Å². The van der Waals surface area contributed by atoms with Gasteiger partial charge in [0.1, 0.15) is 12.2 Å². The smallest absolute Gasteiger partial charge is 0.105 e. The van der Waals surface area contributed by atoms with Gasteiger partial charge in [-0.1, -0.05) is 0 Å². The molecule has 14 heavy (non-hydrogen) atoms. The first-order valence-electron chi connectivity index (χ1n) is 5.02. The molecule has 2 atom stereocenters. The summed E-state index contributed by atoms with van der Waals surface area (Å²) in [6, 6.07) is 0. The molecular weight excluding hydrogens is 184 g/mol. The fourth-order valence-corrected chi connectivity index (χ4v) is 0.804. The van der Waals surface area contributed by atoms with Crippen molar-refractivity contribution in [2.45, 2.75) is 52.1 Å². The van der Waals surface area contributed by atoms with E-state index in [1.54, 1.807) is 0 Å². The lowest BCUT2D eigenvalue weighted by atomic mass is 10.2. The van der Waals surface area contributed by atoms with Gasteiger partial charge in [0.25, 0.3) is 0 Å². The molecule has 0 heterocycles. The van der Waals surface area contributed by atoms with Gasteiger partial charge in [0.2, 0.25) is 0 Å². The van der Waals surface area contributed by atoms with E-state index in [1.165, 1.54) is 0 Å². The van der Waals surface area contributed by atoms with Gasteiger partial charge >= 0.3 is 0 Å². The van der Waals surface area contributed by atoms with Crippen molar-refractivity contribution >= 4 is 0 Å². The minimum absolute atomic E-state index is 0.0582. The number of aliphatic hydroxyl groups is 2. The molecule has 0 aromatic rings. The lowest BCUT2D eigenvalue weighted by molar-refractivity contribution is -0.0877. The molecule has 0 bridgehead atoms. The highest BCUT2D eigenvalue weighted by molar-refractivity contribution is 4.66. The summed E-state index contributed by atoms with van der Waals surface area (Å²) in [6.07, 6.45) is -1.64. The zero-order valence-electron chi connectivity index (χ0n) is 9.43. The van der Waals surface area contributed by atoms with Crippen LogP contribution in [-0.2, 0) is 9.47 Å². The summed E-state index contributed by atoms with van der Waals surface area (Å²) in [7, 11) is 0. The van der Waals surface area contributed by atoms with Gasteiger partial charge in [-0.15, -0.1) is 0 Å². The Labute approximate surface area is 85.8 Å². The molecule has 0 rings (SSSR count). The summed E-state index contributed by atoms with van der Waals surface area (Å²) in [5.74, 6) is 0. The van der Waals surface area contributed by atoms with Crippen LogP contribution in [0, 0.1) is 0 Å². The maximum atomic E-state index is 9.42. The second-order valence-electron chi connectivity index (χ2n) is 3.90. The monoisotopic (exact) mass is 206 g/mol. The summed E-state index contributed by atoms with van der Waals surface area (Å²) in [6.45, 7) is 7.79. The Morgan fingerprint density at radius 3 is 1.29 bits per heavy atom. The Morgan fingerprint density at radius 1 is 0.786 bits per heavy atom. The van der Waals surface area contributed by atoms with Crippen LogP contribution in [0.4, 0.5) is 0 Å². The van der Waals surface area contributed by atoms with Gasteiger partial charge < -0.3 is 19.7 Å². The minimum Gasteiger partial charge on any atom is -0.388 e. The summed E-state index contributed by atoms with van der Waals surface area (Å²) in [5.41, 5.74) is 0. The van der Waals surface area contributed by atoms with Crippen LogP contribution in [0.2, 0.25) is 0 Å². The lowest BCUT2D eigenvalue weighted by Crippen LogP contribution is -2.35. The molecule has 0 saturated carbocycles. The van der Waals surface area contributed by atoms with E-state index >= 15 is 0 Å². The highest BCUT2D eigenvalue weighted by Crippen LogP contribution is 2.00. The molecule has 4 heteroatoms. The van der Waals surface area contributed by atoms with Gasteiger partial charge in [-0.2, -0.15) is 0 Å². The lowest BCUT2D eigenvalue weighted by Gasteiger charge is -2.20. The molecule has 2 N–H and O–H groups in total. The van der Waals surface area contributed by atoms with Crippen LogP contribution >= 0.6 is 0 Å². The molecule has 0 fully saturated rings. The zero-order valence-corrected chi connectivity index (χ0v) is 9.43. The van der Waals surface area contributed by atoms with Crippen molar-refractivity contribution in [3.8, 4) is 0 Å². The van der Waals surface area contributed by atoms with E-state index in [4.69, 9.17) is 9.47 Å². The summed E-state index contributed by atoms with van der Waals surface area (Å²) in [5, 5.41) is 18.8. The van der Waals surface area contributed by atoms with Gasteiger partial charge in [0.05, 0.1) is 25.4 Å². The SMILES string of the molecule is CC(C)OC[C@H](O)[C@@H](O)COC(C)C. The van der Waals surface area contributed by atoms with E-state index < -0.39 is 12.2 Å². The van der Waals surface area contributed by atoms with Crippen LogP contribution in [-0.4, -0.2) is 47.8 Å². The fourth-order valence-electron chi connectivity index (χ4n) is 0.804. The van der Waals surface area contributed by atoms with Crippen LogP contribution < -0.4 is 0 Å². The first-order valence-corrected chi connectivity index (χ1v) is 5.02. The van der Waals surface area contributed by atoms with Gasteiger partial charge in [-0.05, 0) is 27.7 Å². The van der Waals surface area contributed by atoms with Crippen molar-refractivity contribution in [2.24, 2.45) is 0 Å². The van der Waals surface area contributed by atoms with Crippen LogP contribution in [0.5, 0.6) is 0 Å². The largest absolute Gasteiger partial charge is 0.388 e. The summed E-state index contributed by atoms with van der Waals surface area (Å²) in [4.78, 5) is 0. The molecule has 0 aliphatic rings. The highest BCUT2D eigenvalue weighted by atomic mass is 16.5. The number of rotatable bonds is 7. The Bertz CT molecular complexity index is 120. The molecule has 0 radical (unpaired) electrons. The first-order chi connectivity index (χ1) is 6.43. The number of aliphatic hydroxyl groups excluding tert-OH is 2. The van der Waals surface area contributed by atoms with Gasteiger partial charge in [-0.25, -0.2) is 0 Å². The van der Waals surface area contributed by atoms with Crippen molar-refractivity contribution in [1.82, 2.24) is 0 Å². The molecule has 4 nitrogen and oxygen atoms in total. The van der Waals surface area contributed by atoms with Crippen LogP contribution in [0.15, 0.2) is 0 Å². The minimum atomic E-state index is -0.879. The maximum Gasteiger partial charge on any atom is 0.105 e. The molecule has 0 aliphatic carbocycles. The van der Waals surface area contributed by atoms with E-state index in [0.29, 0.717) is 0 Å². The van der Waals surface area contributed by atoms with Gasteiger partial charge in [0, 0.05) is 0 Å². The zero-order chi connectivity index (χ0) is 11.1. The molecule has 0 aromatic carbocycles. The Hall–Kier alpha value is -0.160. The second kappa shape index (κ2) is 7.17. The number of hydrogen-bond acceptors (Lipinski definition) is 4. The molecule has 0 unspecified atom stereocenters. The third-order valence-electron chi connectivity index (χ3n) is 1.64. The van der Waals surface area contributed by atoms with Gasteiger partial charge in [-0.3, -0.25) is 0 Å². The molecular formula is C10H22O4. The second-order valence-corrected chi connectivity index (χ2v) is 3.90.